The van der Waals surface area contributed by atoms with Gasteiger partial charge in [0.2, 0.25) is 0 Å². The molecule has 5 heteroatoms. The number of aromatic nitrogens is 1. The molecule has 0 fully saturated rings. The van der Waals surface area contributed by atoms with Crippen molar-refractivity contribution < 1.29 is 4.52 Å². The van der Waals surface area contributed by atoms with E-state index >= 15 is 0 Å². The summed E-state index contributed by atoms with van der Waals surface area (Å²) in [4.78, 5) is 0. The van der Waals surface area contributed by atoms with E-state index in [2.05, 4.69) is 56.5 Å². The van der Waals surface area contributed by atoms with E-state index in [9.17, 15) is 0 Å². The minimum Gasteiger partial charge on any atom is -0.359 e. The van der Waals surface area contributed by atoms with Crippen LogP contribution in [0.5, 0.6) is 0 Å². The van der Waals surface area contributed by atoms with Gasteiger partial charge in [-0.15, -0.1) is 0 Å². The molecule has 0 radical (unpaired) electrons. The van der Waals surface area contributed by atoms with Crippen LogP contribution in [-0.2, 0) is 5.41 Å². The summed E-state index contributed by atoms with van der Waals surface area (Å²) in [5.74, 6) is 1.43. The molecule has 21 heavy (non-hydrogen) atoms. The van der Waals surface area contributed by atoms with Crippen molar-refractivity contribution in [2.75, 3.05) is 10.6 Å². The Balaban J connectivity index is 2.05. The Kier molecular flexibility index (Phi) is 4.32. The third-order valence-corrected chi connectivity index (χ3v) is 3.55. The van der Waals surface area contributed by atoms with E-state index in [0.29, 0.717) is 10.9 Å². The monoisotopic (exact) mass is 303 g/mol. The largest absolute Gasteiger partial charge is 0.359 e. The Bertz CT molecular complexity index is 656. The van der Waals surface area contributed by atoms with E-state index in [1.165, 1.54) is 11.1 Å². The molecule has 2 aromatic rings. The number of anilines is 2. The number of nitrogens with zero attached hydrogens (tertiary/aromatic N) is 1. The van der Waals surface area contributed by atoms with Gasteiger partial charge in [0.05, 0.1) is 0 Å². The smallest absolute Gasteiger partial charge is 0.176 e. The van der Waals surface area contributed by atoms with E-state index in [1.54, 1.807) is 0 Å². The third-order valence-electron chi connectivity index (χ3n) is 3.34. The highest BCUT2D eigenvalue weighted by Crippen LogP contribution is 2.24. The molecule has 4 nitrogen and oxygen atoms in total. The molecule has 1 heterocycles. The first-order chi connectivity index (χ1) is 9.77. The lowest BCUT2D eigenvalue weighted by Crippen LogP contribution is -2.20. The second-order valence-corrected chi connectivity index (χ2v) is 6.56. The molecule has 2 N–H and O–H groups in total. The highest BCUT2D eigenvalue weighted by molar-refractivity contribution is 7.80. The van der Waals surface area contributed by atoms with Crippen LogP contribution >= 0.6 is 12.2 Å². The van der Waals surface area contributed by atoms with Crippen LogP contribution in [0, 0.1) is 13.8 Å². The van der Waals surface area contributed by atoms with E-state index in [-0.39, 0.29) is 5.41 Å². The molecule has 0 saturated carbocycles. The fourth-order valence-electron chi connectivity index (χ4n) is 1.84. The molecule has 1 aromatic carbocycles. The summed E-state index contributed by atoms with van der Waals surface area (Å²) < 4.78 is 5.32. The fourth-order valence-corrected chi connectivity index (χ4v) is 2.06. The first-order valence-corrected chi connectivity index (χ1v) is 7.29. The van der Waals surface area contributed by atoms with Crippen LogP contribution in [0.2, 0.25) is 0 Å². The van der Waals surface area contributed by atoms with Crippen molar-refractivity contribution in [3.05, 3.63) is 41.2 Å². The van der Waals surface area contributed by atoms with Gasteiger partial charge in [0.15, 0.2) is 10.9 Å². The highest BCUT2D eigenvalue weighted by atomic mass is 32.1. The van der Waals surface area contributed by atoms with E-state index < -0.39 is 0 Å². The van der Waals surface area contributed by atoms with Crippen molar-refractivity contribution >= 4 is 28.8 Å². The van der Waals surface area contributed by atoms with Gasteiger partial charge in [0.25, 0.3) is 0 Å². The summed E-state index contributed by atoms with van der Waals surface area (Å²) in [7, 11) is 0. The van der Waals surface area contributed by atoms with Crippen LogP contribution in [-0.4, -0.2) is 10.3 Å². The van der Waals surface area contributed by atoms with Crippen LogP contribution in [0.4, 0.5) is 11.5 Å². The van der Waals surface area contributed by atoms with Gasteiger partial charge >= 0.3 is 0 Å². The number of aryl methyl sites for hydroxylation is 1. The van der Waals surface area contributed by atoms with Gasteiger partial charge in [0, 0.05) is 17.2 Å². The summed E-state index contributed by atoms with van der Waals surface area (Å²) in [6.45, 7) is 10.4. The zero-order valence-electron chi connectivity index (χ0n) is 13.1. The predicted molar refractivity (Wildman–Crippen MR) is 91.0 cm³/mol. The van der Waals surface area contributed by atoms with Crippen LogP contribution in [0.3, 0.4) is 0 Å². The molecule has 0 aliphatic rings. The molecule has 0 amide bonds. The first kappa shape index (κ1) is 15.5. The Morgan fingerprint density at radius 3 is 2.52 bits per heavy atom. The zero-order valence-corrected chi connectivity index (χ0v) is 13.9. The number of rotatable bonds is 2. The Hall–Kier alpha value is -1.88. The molecular formula is C16H21N3OS. The number of hydrogen-bond acceptors (Lipinski definition) is 3. The van der Waals surface area contributed by atoms with E-state index in [1.807, 2.05) is 18.2 Å². The average molecular weight is 303 g/mol. The molecule has 0 aliphatic carbocycles. The lowest BCUT2D eigenvalue weighted by molar-refractivity contribution is 0.331. The normalized spacial score (nSPS) is 11.3. The van der Waals surface area contributed by atoms with E-state index in [4.69, 9.17) is 16.7 Å². The lowest BCUT2D eigenvalue weighted by atomic mass is 9.93. The molecule has 112 valence electrons. The first-order valence-electron chi connectivity index (χ1n) is 6.89. The fraction of sp³-hybridized carbons (Fsp3) is 0.375. The van der Waals surface area contributed by atoms with Gasteiger partial charge in [-0.1, -0.05) is 38.1 Å². The number of nitrogens with one attached hydrogen (secondary N) is 2. The Morgan fingerprint density at radius 1 is 1.19 bits per heavy atom. The Labute approximate surface area is 130 Å². The van der Waals surface area contributed by atoms with Crippen LogP contribution in [0.15, 0.2) is 28.8 Å². The minimum absolute atomic E-state index is 0.0743. The molecule has 0 aliphatic heterocycles. The van der Waals surface area contributed by atoms with Crippen molar-refractivity contribution in [2.45, 2.75) is 40.0 Å². The molecular weight excluding hydrogens is 282 g/mol. The lowest BCUT2D eigenvalue weighted by Gasteiger charge is -2.13. The summed E-state index contributed by atoms with van der Waals surface area (Å²) >= 11 is 5.32. The maximum absolute atomic E-state index is 5.32. The maximum Gasteiger partial charge on any atom is 0.176 e. The average Bonchev–Trinajstić information content (AvgIpc) is 2.83. The van der Waals surface area contributed by atoms with Crippen LogP contribution < -0.4 is 10.6 Å². The summed E-state index contributed by atoms with van der Waals surface area (Å²) in [5.41, 5.74) is 3.32. The molecule has 1 aromatic heterocycles. The number of hydrogen-bond donors (Lipinski definition) is 2. The van der Waals surface area contributed by atoms with Crippen LogP contribution in [0.25, 0.3) is 0 Å². The van der Waals surface area contributed by atoms with Gasteiger partial charge in [-0.25, -0.2) is 0 Å². The van der Waals surface area contributed by atoms with Crippen molar-refractivity contribution in [3.63, 3.8) is 0 Å². The van der Waals surface area contributed by atoms with Crippen molar-refractivity contribution in [2.24, 2.45) is 0 Å². The molecule has 0 atom stereocenters. The van der Waals surface area contributed by atoms with Crippen molar-refractivity contribution in [1.29, 1.82) is 0 Å². The molecule has 2 rings (SSSR count). The number of thiocarbonyl (C=S) groups is 1. The zero-order chi connectivity index (χ0) is 15.6. The minimum atomic E-state index is -0.0743. The molecule has 0 unspecified atom stereocenters. The van der Waals surface area contributed by atoms with E-state index in [0.717, 1.165) is 11.4 Å². The number of benzene rings is 1. The molecule has 0 bridgehead atoms. The van der Waals surface area contributed by atoms with Gasteiger partial charge in [-0.3, -0.25) is 0 Å². The SMILES string of the molecule is Cc1cccc(NC(=S)Nc2cc(C(C)(C)C)on2)c1C. The third kappa shape index (κ3) is 3.82. The summed E-state index contributed by atoms with van der Waals surface area (Å²) in [5, 5.41) is 10.7. The highest BCUT2D eigenvalue weighted by Gasteiger charge is 2.19. The Morgan fingerprint density at radius 2 is 1.90 bits per heavy atom. The van der Waals surface area contributed by atoms with Gasteiger partial charge in [-0.05, 0) is 43.3 Å². The van der Waals surface area contributed by atoms with Gasteiger partial charge < -0.3 is 15.2 Å². The van der Waals surface area contributed by atoms with Crippen LogP contribution in [0.1, 0.15) is 37.7 Å². The molecule has 0 spiro atoms. The maximum atomic E-state index is 5.32. The topological polar surface area (TPSA) is 50.1 Å². The van der Waals surface area contributed by atoms with Gasteiger partial charge in [0.1, 0.15) is 5.76 Å². The predicted octanol–water partition coefficient (Wildman–Crippen LogP) is 4.40. The van der Waals surface area contributed by atoms with Crippen molar-refractivity contribution in [1.82, 2.24) is 5.16 Å². The second-order valence-electron chi connectivity index (χ2n) is 6.15. The quantitative estimate of drug-likeness (QED) is 0.805. The van der Waals surface area contributed by atoms with Crippen molar-refractivity contribution in [3.8, 4) is 0 Å². The standard InChI is InChI=1S/C16H21N3OS/c1-10-7-6-8-12(11(10)2)17-15(21)18-14-9-13(20-19-14)16(3,4)5/h6-9H,1-5H3,(H2,17,18,19,21). The molecule has 0 saturated heterocycles. The summed E-state index contributed by atoms with van der Waals surface area (Å²) in [6, 6.07) is 7.95. The second kappa shape index (κ2) is 5.85. The van der Waals surface area contributed by atoms with Gasteiger partial charge in [-0.2, -0.15) is 0 Å². The summed E-state index contributed by atoms with van der Waals surface area (Å²) in [6.07, 6.45) is 0.